The van der Waals surface area contributed by atoms with Crippen LogP contribution in [0.4, 0.5) is 5.69 Å². The summed E-state index contributed by atoms with van der Waals surface area (Å²) in [6, 6.07) is 20.3. The molecule has 0 heterocycles. The van der Waals surface area contributed by atoms with E-state index in [0.717, 1.165) is 5.56 Å². The lowest BCUT2D eigenvalue weighted by Crippen LogP contribution is -2.26. The molecule has 0 aliphatic rings. The Balaban J connectivity index is 1.71. The zero-order chi connectivity index (χ0) is 22.4. The van der Waals surface area contributed by atoms with Crippen LogP contribution in [-0.2, 0) is 16.6 Å². The third-order valence-electron chi connectivity index (χ3n) is 4.71. The van der Waals surface area contributed by atoms with E-state index in [9.17, 15) is 13.2 Å². The number of nitrogens with one attached hydrogen (secondary N) is 1. The topological polar surface area (TPSA) is 84.9 Å². The molecule has 0 aliphatic heterocycles. The zero-order valence-corrected chi connectivity index (χ0v) is 18.3. The monoisotopic (exact) mass is 440 g/mol. The molecule has 1 amide bonds. The largest absolute Gasteiger partial charge is 0.493 e. The Morgan fingerprint density at radius 2 is 1.55 bits per heavy atom. The maximum atomic E-state index is 12.8. The molecular formula is C23H24N2O5S. The van der Waals surface area contributed by atoms with Gasteiger partial charge in [-0.2, -0.15) is 4.31 Å². The van der Waals surface area contributed by atoms with Crippen molar-refractivity contribution in [1.29, 1.82) is 0 Å². The predicted octanol–water partition coefficient (Wildman–Crippen LogP) is 3.78. The third-order valence-corrected chi connectivity index (χ3v) is 6.53. The smallest absolute Gasteiger partial charge is 0.255 e. The van der Waals surface area contributed by atoms with Crippen molar-refractivity contribution in [2.45, 2.75) is 11.4 Å². The number of anilines is 1. The summed E-state index contributed by atoms with van der Waals surface area (Å²) in [7, 11) is 0.888. The molecule has 0 aromatic heterocycles. The van der Waals surface area contributed by atoms with Gasteiger partial charge in [-0.25, -0.2) is 8.42 Å². The van der Waals surface area contributed by atoms with Gasteiger partial charge in [-0.15, -0.1) is 0 Å². The Hall–Kier alpha value is -3.36. The molecule has 162 valence electrons. The van der Waals surface area contributed by atoms with Crippen molar-refractivity contribution in [2.24, 2.45) is 0 Å². The second-order valence-electron chi connectivity index (χ2n) is 6.79. The molecule has 0 saturated heterocycles. The summed E-state index contributed by atoms with van der Waals surface area (Å²) >= 11 is 0. The van der Waals surface area contributed by atoms with Gasteiger partial charge in [0.05, 0.1) is 19.1 Å². The summed E-state index contributed by atoms with van der Waals surface area (Å²) in [4.78, 5) is 12.7. The molecule has 0 fully saturated rings. The summed E-state index contributed by atoms with van der Waals surface area (Å²) in [5.41, 5.74) is 1.76. The van der Waals surface area contributed by atoms with Crippen LogP contribution in [0.3, 0.4) is 0 Å². The number of methoxy groups -OCH3 is 2. The van der Waals surface area contributed by atoms with E-state index in [1.165, 1.54) is 37.7 Å². The lowest BCUT2D eigenvalue weighted by atomic mass is 10.2. The summed E-state index contributed by atoms with van der Waals surface area (Å²) in [5, 5.41) is 2.75. The van der Waals surface area contributed by atoms with Crippen LogP contribution in [0.1, 0.15) is 15.9 Å². The molecule has 0 aliphatic carbocycles. The minimum absolute atomic E-state index is 0.148. The SMILES string of the molecule is COc1ccc(C(=O)Nc2ccc(S(=O)(=O)N(C)Cc3ccccc3)cc2)cc1OC. The molecule has 8 heteroatoms. The summed E-state index contributed by atoms with van der Waals surface area (Å²) in [5.74, 6) is 0.615. The minimum Gasteiger partial charge on any atom is -0.493 e. The number of rotatable bonds is 8. The van der Waals surface area contributed by atoms with Gasteiger partial charge in [-0.3, -0.25) is 4.79 Å². The van der Waals surface area contributed by atoms with Gasteiger partial charge in [-0.1, -0.05) is 30.3 Å². The second-order valence-corrected chi connectivity index (χ2v) is 8.84. The second kappa shape index (κ2) is 9.63. The van der Waals surface area contributed by atoms with Crippen LogP contribution in [0.2, 0.25) is 0 Å². The van der Waals surface area contributed by atoms with Crippen LogP contribution in [0.15, 0.2) is 77.7 Å². The molecule has 3 aromatic rings. The van der Waals surface area contributed by atoms with E-state index in [1.807, 2.05) is 30.3 Å². The molecule has 1 N–H and O–H groups in total. The molecule has 0 saturated carbocycles. The molecular weight excluding hydrogens is 416 g/mol. The van der Waals surface area contributed by atoms with E-state index in [0.29, 0.717) is 22.7 Å². The van der Waals surface area contributed by atoms with Crippen LogP contribution in [0.5, 0.6) is 11.5 Å². The highest BCUT2D eigenvalue weighted by molar-refractivity contribution is 7.89. The van der Waals surface area contributed by atoms with Gasteiger partial charge in [0.2, 0.25) is 10.0 Å². The highest BCUT2D eigenvalue weighted by atomic mass is 32.2. The average Bonchev–Trinajstić information content (AvgIpc) is 2.79. The number of amides is 1. The predicted molar refractivity (Wildman–Crippen MR) is 119 cm³/mol. The normalized spacial score (nSPS) is 11.2. The van der Waals surface area contributed by atoms with Crippen molar-refractivity contribution in [1.82, 2.24) is 4.31 Å². The Kier molecular flexibility index (Phi) is 6.94. The van der Waals surface area contributed by atoms with Crippen molar-refractivity contribution in [3.05, 3.63) is 83.9 Å². The lowest BCUT2D eigenvalue weighted by molar-refractivity contribution is 0.102. The molecule has 0 bridgehead atoms. The molecule has 3 aromatic carbocycles. The first-order valence-corrected chi connectivity index (χ1v) is 10.9. The van der Waals surface area contributed by atoms with Crippen molar-refractivity contribution in [3.8, 4) is 11.5 Å². The van der Waals surface area contributed by atoms with Crippen LogP contribution in [0.25, 0.3) is 0 Å². The van der Waals surface area contributed by atoms with Crippen LogP contribution >= 0.6 is 0 Å². The van der Waals surface area contributed by atoms with Gasteiger partial charge in [0, 0.05) is 24.8 Å². The fourth-order valence-corrected chi connectivity index (χ4v) is 4.16. The van der Waals surface area contributed by atoms with Gasteiger partial charge in [0.1, 0.15) is 0 Å². The average molecular weight is 441 g/mol. The fraction of sp³-hybridized carbons (Fsp3) is 0.174. The van der Waals surface area contributed by atoms with E-state index in [2.05, 4.69) is 5.32 Å². The number of hydrogen-bond donors (Lipinski definition) is 1. The van der Waals surface area contributed by atoms with Crippen molar-refractivity contribution >= 4 is 21.6 Å². The van der Waals surface area contributed by atoms with Gasteiger partial charge >= 0.3 is 0 Å². The lowest BCUT2D eigenvalue weighted by Gasteiger charge is -2.17. The molecule has 0 spiro atoms. The number of carbonyl (C=O) groups is 1. The van der Waals surface area contributed by atoms with Gasteiger partial charge < -0.3 is 14.8 Å². The first kappa shape index (κ1) is 22.3. The maximum Gasteiger partial charge on any atom is 0.255 e. The maximum absolute atomic E-state index is 12.8. The van der Waals surface area contributed by atoms with Crippen molar-refractivity contribution in [2.75, 3.05) is 26.6 Å². The first-order valence-electron chi connectivity index (χ1n) is 9.49. The molecule has 3 rings (SSSR count). The molecule has 7 nitrogen and oxygen atoms in total. The van der Waals surface area contributed by atoms with Crippen LogP contribution < -0.4 is 14.8 Å². The number of sulfonamides is 1. The van der Waals surface area contributed by atoms with E-state index in [4.69, 9.17) is 9.47 Å². The van der Waals surface area contributed by atoms with Crippen LogP contribution in [-0.4, -0.2) is 39.9 Å². The Morgan fingerprint density at radius 3 is 2.16 bits per heavy atom. The quantitative estimate of drug-likeness (QED) is 0.576. The number of carbonyl (C=O) groups excluding carboxylic acids is 1. The molecule has 0 atom stereocenters. The van der Waals surface area contributed by atoms with Crippen LogP contribution in [0, 0.1) is 0 Å². The Labute approximate surface area is 182 Å². The number of benzene rings is 3. The first-order chi connectivity index (χ1) is 14.8. The molecule has 0 radical (unpaired) electrons. The van der Waals surface area contributed by atoms with Crippen molar-refractivity contribution in [3.63, 3.8) is 0 Å². The van der Waals surface area contributed by atoms with E-state index in [-0.39, 0.29) is 17.3 Å². The molecule has 0 unspecified atom stereocenters. The summed E-state index contributed by atoms with van der Waals surface area (Å²) in [6.45, 7) is 0.265. The number of ether oxygens (including phenoxy) is 2. The van der Waals surface area contributed by atoms with Crippen molar-refractivity contribution < 1.29 is 22.7 Å². The summed E-state index contributed by atoms with van der Waals surface area (Å²) in [6.07, 6.45) is 0. The molecule has 31 heavy (non-hydrogen) atoms. The third kappa shape index (κ3) is 5.22. The van der Waals surface area contributed by atoms with E-state index >= 15 is 0 Å². The van der Waals surface area contributed by atoms with Gasteiger partial charge in [0.25, 0.3) is 5.91 Å². The standard InChI is InChI=1S/C23H24N2O5S/c1-25(16-17-7-5-4-6-8-17)31(27,28)20-12-10-19(11-13-20)24-23(26)18-9-14-21(29-2)22(15-18)30-3/h4-15H,16H2,1-3H3,(H,24,26). The van der Waals surface area contributed by atoms with E-state index < -0.39 is 10.0 Å². The number of nitrogens with zero attached hydrogens (tertiary/aromatic N) is 1. The fourth-order valence-electron chi connectivity index (χ4n) is 3.00. The Bertz CT molecular complexity index is 1150. The minimum atomic E-state index is -3.66. The van der Waals surface area contributed by atoms with E-state index in [1.54, 1.807) is 30.3 Å². The highest BCUT2D eigenvalue weighted by Gasteiger charge is 2.21. The Morgan fingerprint density at radius 1 is 0.903 bits per heavy atom. The zero-order valence-electron chi connectivity index (χ0n) is 17.5. The highest BCUT2D eigenvalue weighted by Crippen LogP contribution is 2.28. The number of hydrogen-bond acceptors (Lipinski definition) is 5. The summed E-state index contributed by atoms with van der Waals surface area (Å²) < 4.78 is 37.4. The van der Waals surface area contributed by atoms with Gasteiger partial charge in [0.15, 0.2) is 11.5 Å². The van der Waals surface area contributed by atoms with Gasteiger partial charge in [-0.05, 0) is 48.0 Å².